The first-order valence-corrected chi connectivity index (χ1v) is 9.96. The summed E-state index contributed by atoms with van der Waals surface area (Å²) in [5.74, 6) is 0.288. The number of hydrogen-bond acceptors (Lipinski definition) is 6. The van der Waals surface area contributed by atoms with Gasteiger partial charge in [-0.25, -0.2) is 9.97 Å². The molecule has 4 rings (SSSR count). The van der Waals surface area contributed by atoms with Crippen LogP contribution in [-0.2, 0) is 11.3 Å². The monoisotopic (exact) mass is 399 g/mol. The smallest absolute Gasteiger partial charge is 0.268 e. The number of likely N-dealkylation sites (N-methyl/N-ethyl adjacent to an activating group) is 1. The number of rotatable bonds is 4. The third-order valence-electron chi connectivity index (χ3n) is 4.17. The standard InChI is InChI=1S/C18H17N5O2S2/c1-10-8-23-13(11(2)19-18(23)27-10)4-5-15(24)22(3)9-14-20-12-6-7-26-16(12)17(25)21-14/h4-8H,9H2,1-3H3,(H,20,21,25)/b5-4+. The van der Waals surface area contributed by atoms with E-state index in [0.29, 0.717) is 16.0 Å². The van der Waals surface area contributed by atoms with Crippen molar-refractivity contribution in [3.05, 3.63) is 56.2 Å². The summed E-state index contributed by atoms with van der Waals surface area (Å²) in [6.07, 6.45) is 5.31. The molecule has 1 N–H and O–H groups in total. The number of imidazole rings is 1. The Bertz CT molecular complexity index is 1240. The fourth-order valence-corrected chi connectivity index (χ4v) is 4.46. The lowest BCUT2D eigenvalue weighted by molar-refractivity contribution is -0.125. The summed E-state index contributed by atoms with van der Waals surface area (Å²) in [6, 6.07) is 1.80. The second kappa shape index (κ2) is 6.75. The van der Waals surface area contributed by atoms with Gasteiger partial charge in [-0.2, -0.15) is 0 Å². The summed E-state index contributed by atoms with van der Waals surface area (Å²) in [7, 11) is 1.68. The first-order chi connectivity index (χ1) is 12.9. The van der Waals surface area contributed by atoms with Gasteiger partial charge in [0.25, 0.3) is 5.56 Å². The van der Waals surface area contributed by atoms with Gasteiger partial charge in [-0.15, -0.1) is 22.7 Å². The van der Waals surface area contributed by atoms with Gasteiger partial charge in [-0.1, -0.05) is 0 Å². The van der Waals surface area contributed by atoms with Crippen molar-refractivity contribution < 1.29 is 4.79 Å². The Morgan fingerprint density at radius 3 is 3.00 bits per heavy atom. The molecule has 4 heterocycles. The SMILES string of the molecule is Cc1cn2c(/C=C/C(=O)N(C)Cc3nc4ccsc4c(=O)[nH]3)c(C)nc2s1. The number of fused-ring (bicyclic) bond motifs is 2. The molecule has 0 aliphatic rings. The van der Waals surface area contributed by atoms with E-state index in [1.54, 1.807) is 30.5 Å². The molecule has 4 aromatic heterocycles. The van der Waals surface area contributed by atoms with E-state index in [0.717, 1.165) is 21.2 Å². The fraction of sp³-hybridized carbons (Fsp3) is 0.222. The number of H-pyrrole nitrogens is 1. The number of thiophene rings is 1. The molecule has 0 radical (unpaired) electrons. The van der Waals surface area contributed by atoms with Crippen LogP contribution >= 0.6 is 22.7 Å². The van der Waals surface area contributed by atoms with Gasteiger partial charge in [-0.05, 0) is 31.4 Å². The van der Waals surface area contributed by atoms with Crippen molar-refractivity contribution in [1.29, 1.82) is 0 Å². The van der Waals surface area contributed by atoms with Gasteiger partial charge in [0.1, 0.15) is 10.5 Å². The molecule has 0 aromatic carbocycles. The third-order valence-corrected chi connectivity index (χ3v) is 5.97. The number of nitrogens with one attached hydrogen (secondary N) is 1. The first kappa shape index (κ1) is 17.6. The zero-order valence-electron chi connectivity index (χ0n) is 15.0. The molecule has 1 amide bonds. The molecule has 0 saturated carbocycles. The number of aromatic nitrogens is 4. The molecular formula is C18H17N5O2S2. The van der Waals surface area contributed by atoms with E-state index >= 15 is 0 Å². The highest BCUT2D eigenvalue weighted by Gasteiger charge is 2.12. The van der Waals surface area contributed by atoms with Crippen molar-refractivity contribution in [2.75, 3.05) is 7.05 Å². The number of hydrogen-bond donors (Lipinski definition) is 1. The minimum atomic E-state index is -0.177. The lowest BCUT2D eigenvalue weighted by atomic mass is 10.3. The molecule has 7 nitrogen and oxygen atoms in total. The van der Waals surface area contributed by atoms with Crippen LogP contribution in [0.1, 0.15) is 22.1 Å². The van der Waals surface area contributed by atoms with Crippen molar-refractivity contribution >= 4 is 49.8 Å². The molecule has 4 aromatic rings. The van der Waals surface area contributed by atoms with E-state index in [-0.39, 0.29) is 18.0 Å². The topological polar surface area (TPSA) is 83.4 Å². The quantitative estimate of drug-likeness (QED) is 0.535. The Kier molecular flexibility index (Phi) is 4.40. The molecule has 138 valence electrons. The molecule has 0 fully saturated rings. The van der Waals surface area contributed by atoms with Crippen LogP contribution in [0.4, 0.5) is 0 Å². The predicted octanol–water partition coefficient (Wildman–Crippen LogP) is 2.98. The number of nitrogens with zero attached hydrogens (tertiary/aromatic N) is 4. The average Bonchev–Trinajstić information content (AvgIpc) is 3.27. The van der Waals surface area contributed by atoms with Gasteiger partial charge in [0.05, 0.1) is 23.4 Å². The second-order valence-corrected chi connectivity index (χ2v) is 8.38. The fourth-order valence-electron chi connectivity index (χ4n) is 2.86. The maximum absolute atomic E-state index is 12.5. The largest absolute Gasteiger partial charge is 0.335 e. The maximum atomic E-state index is 12.5. The zero-order valence-corrected chi connectivity index (χ0v) is 16.6. The molecule has 0 aliphatic heterocycles. The molecule has 0 atom stereocenters. The molecule has 9 heteroatoms. The Morgan fingerprint density at radius 1 is 1.37 bits per heavy atom. The number of carbonyl (C=O) groups excluding carboxylic acids is 1. The second-order valence-electron chi connectivity index (χ2n) is 6.25. The van der Waals surface area contributed by atoms with Crippen LogP contribution in [0.2, 0.25) is 0 Å². The highest BCUT2D eigenvalue weighted by molar-refractivity contribution is 7.17. The van der Waals surface area contributed by atoms with Crippen molar-refractivity contribution in [3.63, 3.8) is 0 Å². The van der Waals surface area contributed by atoms with E-state index < -0.39 is 0 Å². The zero-order chi connectivity index (χ0) is 19.1. The van der Waals surface area contributed by atoms with E-state index in [2.05, 4.69) is 15.0 Å². The molecule has 0 bridgehead atoms. The molecule has 0 aliphatic carbocycles. The van der Waals surface area contributed by atoms with Crippen molar-refractivity contribution in [2.45, 2.75) is 20.4 Å². The summed E-state index contributed by atoms with van der Waals surface area (Å²) in [5.41, 5.74) is 2.25. The van der Waals surface area contributed by atoms with Gasteiger partial charge >= 0.3 is 0 Å². The maximum Gasteiger partial charge on any atom is 0.268 e. The van der Waals surface area contributed by atoms with E-state index in [4.69, 9.17) is 0 Å². The summed E-state index contributed by atoms with van der Waals surface area (Å²) >= 11 is 2.97. The Morgan fingerprint density at radius 2 is 2.19 bits per heavy atom. The number of aromatic amines is 1. The molecular weight excluding hydrogens is 382 g/mol. The third kappa shape index (κ3) is 3.31. The van der Waals surface area contributed by atoms with Crippen LogP contribution < -0.4 is 5.56 Å². The van der Waals surface area contributed by atoms with E-state index in [9.17, 15) is 9.59 Å². The van der Waals surface area contributed by atoms with Crippen molar-refractivity contribution in [1.82, 2.24) is 24.3 Å². The summed E-state index contributed by atoms with van der Waals surface area (Å²) < 4.78 is 2.58. The summed E-state index contributed by atoms with van der Waals surface area (Å²) in [4.78, 5) is 39.8. The van der Waals surface area contributed by atoms with Crippen LogP contribution in [0.3, 0.4) is 0 Å². The minimum Gasteiger partial charge on any atom is -0.335 e. The van der Waals surface area contributed by atoms with Crippen LogP contribution in [0.5, 0.6) is 0 Å². The first-order valence-electron chi connectivity index (χ1n) is 8.27. The summed E-state index contributed by atoms with van der Waals surface area (Å²) in [5, 5.41) is 1.83. The molecule has 0 saturated heterocycles. The van der Waals surface area contributed by atoms with Gasteiger partial charge in [0, 0.05) is 24.2 Å². The van der Waals surface area contributed by atoms with Gasteiger partial charge < -0.3 is 9.88 Å². The van der Waals surface area contributed by atoms with Gasteiger partial charge in [0.15, 0.2) is 4.96 Å². The van der Waals surface area contributed by atoms with Crippen LogP contribution in [0.15, 0.2) is 28.5 Å². The van der Waals surface area contributed by atoms with Crippen molar-refractivity contribution in [2.24, 2.45) is 0 Å². The van der Waals surface area contributed by atoms with E-state index in [1.165, 1.54) is 22.3 Å². The lowest BCUT2D eigenvalue weighted by Crippen LogP contribution is -2.26. The van der Waals surface area contributed by atoms with Crippen LogP contribution in [0.25, 0.3) is 21.3 Å². The highest BCUT2D eigenvalue weighted by atomic mass is 32.1. The molecule has 0 spiro atoms. The van der Waals surface area contributed by atoms with Gasteiger partial charge in [-0.3, -0.25) is 14.0 Å². The molecule has 0 unspecified atom stereocenters. The Hall–Kier alpha value is -2.78. The Balaban J connectivity index is 1.53. The number of amides is 1. The number of thiazole rings is 1. The number of carbonyl (C=O) groups is 1. The van der Waals surface area contributed by atoms with Crippen LogP contribution in [-0.4, -0.2) is 37.2 Å². The predicted molar refractivity (Wildman–Crippen MR) is 108 cm³/mol. The van der Waals surface area contributed by atoms with Gasteiger partial charge in [0.2, 0.25) is 5.91 Å². The molecule has 27 heavy (non-hydrogen) atoms. The average molecular weight is 400 g/mol. The van der Waals surface area contributed by atoms with Crippen LogP contribution in [0, 0.1) is 13.8 Å². The summed E-state index contributed by atoms with van der Waals surface area (Å²) in [6.45, 7) is 4.18. The lowest BCUT2D eigenvalue weighted by Gasteiger charge is -2.14. The normalized spacial score (nSPS) is 11.8. The Labute approximate surface area is 162 Å². The highest BCUT2D eigenvalue weighted by Crippen LogP contribution is 2.21. The van der Waals surface area contributed by atoms with Crippen molar-refractivity contribution in [3.8, 4) is 0 Å². The minimum absolute atomic E-state index is 0.175. The number of aryl methyl sites for hydroxylation is 2. The van der Waals surface area contributed by atoms with E-state index in [1.807, 2.05) is 29.8 Å².